The quantitative estimate of drug-likeness (QED) is 0.272. The number of aromatic nitrogens is 1. The molecular weight excluding hydrogens is 402 g/mol. The van der Waals surface area contributed by atoms with E-state index >= 15 is 0 Å². The van der Waals surface area contributed by atoms with Crippen molar-refractivity contribution in [2.45, 2.75) is 6.92 Å². The van der Waals surface area contributed by atoms with Crippen LogP contribution >= 0.6 is 0 Å². The fourth-order valence-electron chi connectivity index (χ4n) is 5.18. The summed E-state index contributed by atoms with van der Waals surface area (Å²) in [5, 5.41) is 4.85. The Morgan fingerprint density at radius 3 is 2.12 bits per heavy atom. The first-order valence-corrected chi connectivity index (χ1v) is 11.3. The van der Waals surface area contributed by atoms with Crippen LogP contribution in [0, 0.1) is 6.92 Å². The second-order valence-electron chi connectivity index (χ2n) is 8.66. The highest BCUT2D eigenvalue weighted by molar-refractivity contribution is 6.13. The summed E-state index contributed by atoms with van der Waals surface area (Å²) in [6.45, 7) is 2.11. The Bertz CT molecular complexity index is 1820. The van der Waals surface area contributed by atoms with Gasteiger partial charge in [-0.05, 0) is 42.3 Å². The predicted octanol–water partition coefficient (Wildman–Crippen LogP) is 8.66. The number of benzene rings is 5. The van der Waals surface area contributed by atoms with E-state index < -0.39 is 0 Å². The fraction of sp³-hybridized carbons (Fsp3) is 0.0323. The maximum absolute atomic E-state index is 6.45. The van der Waals surface area contributed by atoms with Gasteiger partial charge in [-0.25, -0.2) is 0 Å². The molecule has 7 rings (SSSR count). The average Bonchev–Trinajstić information content (AvgIpc) is 3.41. The Morgan fingerprint density at radius 2 is 1.24 bits per heavy atom. The predicted molar refractivity (Wildman–Crippen MR) is 138 cm³/mol. The zero-order chi connectivity index (χ0) is 21.9. The topological polar surface area (TPSA) is 18.1 Å². The van der Waals surface area contributed by atoms with E-state index in [1.54, 1.807) is 0 Å². The zero-order valence-corrected chi connectivity index (χ0v) is 18.2. The van der Waals surface area contributed by atoms with Crippen LogP contribution in [0.25, 0.3) is 60.6 Å². The second kappa shape index (κ2) is 6.85. The van der Waals surface area contributed by atoms with E-state index in [4.69, 9.17) is 4.42 Å². The van der Waals surface area contributed by atoms with Crippen molar-refractivity contribution in [2.24, 2.45) is 0 Å². The van der Waals surface area contributed by atoms with E-state index in [0.29, 0.717) is 0 Å². The van der Waals surface area contributed by atoms with Crippen molar-refractivity contribution >= 4 is 43.7 Å². The standard InChI is InChI=1S/C31H21NO/c1-20-9-7-14-26-27-15-8-13-23(31(27)33-30(20)26)21-17-18-25-24-12-5-6-16-28(24)32(29(25)19-21)22-10-3-2-4-11-22/h2-19H,1H3. The number of hydrogen-bond acceptors (Lipinski definition) is 1. The molecule has 2 aromatic heterocycles. The highest BCUT2D eigenvalue weighted by Crippen LogP contribution is 2.39. The molecule has 0 aliphatic rings. The monoisotopic (exact) mass is 423 g/mol. The molecule has 2 heterocycles. The van der Waals surface area contributed by atoms with Crippen LogP contribution in [-0.4, -0.2) is 4.57 Å². The van der Waals surface area contributed by atoms with E-state index in [0.717, 1.165) is 33.2 Å². The van der Waals surface area contributed by atoms with Gasteiger partial charge in [0.2, 0.25) is 0 Å². The second-order valence-corrected chi connectivity index (χ2v) is 8.66. The summed E-state index contributed by atoms with van der Waals surface area (Å²) < 4.78 is 8.81. The molecule has 156 valence electrons. The van der Waals surface area contributed by atoms with Gasteiger partial charge in [-0.2, -0.15) is 0 Å². The normalized spacial score (nSPS) is 11.8. The lowest BCUT2D eigenvalue weighted by atomic mass is 10.0. The van der Waals surface area contributed by atoms with Crippen LogP contribution in [-0.2, 0) is 0 Å². The van der Waals surface area contributed by atoms with Crippen LogP contribution in [0.4, 0.5) is 0 Å². The molecule has 2 nitrogen and oxygen atoms in total. The third-order valence-corrected chi connectivity index (χ3v) is 6.72. The molecule has 0 atom stereocenters. The van der Waals surface area contributed by atoms with Gasteiger partial charge in [-0.3, -0.25) is 0 Å². The Morgan fingerprint density at radius 1 is 0.545 bits per heavy atom. The zero-order valence-electron chi connectivity index (χ0n) is 18.2. The number of fused-ring (bicyclic) bond motifs is 6. The molecule has 0 fully saturated rings. The first kappa shape index (κ1) is 18.3. The number of hydrogen-bond donors (Lipinski definition) is 0. The minimum Gasteiger partial charge on any atom is -0.455 e. The van der Waals surface area contributed by atoms with Gasteiger partial charge in [0.15, 0.2) is 0 Å². The molecule has 5 aromatic carbocycles. The molecule has 0 aliphatic carbocycles. The fourth-order valence-corrected chi connectivity index (χ4v) is 5.18. The average molecular weight is 424 g/mol. The minimum atomic E-state index is 0.948. The van der Waals surface area contributed by atoms with Crippen molar-refractivity contribution in [2.75, 3.05) is 0 Å². The van der Waals surface area contributed by atoms with Crippen LogP contribution in [0.1, 0.15) is 5.56 Å². The summed E-state index contributed by atoms with van der Waals surface area (Å²) in [6.07, 6.45) is 0. The third-order valence-electron chi connectivity index (χ3n) is 6.72. The summed E-state index contributed by atoms with van der Waals surface area (Å²) in [6, 6.07) is 38.8. The lowest BCUT2D eigenvalue weighted by Crippen LogP contribution is -1.93. The van der Waals surface area contributed by atoms with Gasteiger partial charge < -0.3 is 8.98 Å². The van der Waals surface area contributed by atoms with Gasteiger partial charge in [-0.15, -0.1) is 0 Å². The molecular formula is C31H21NO. The number of aryl methyl sites for hydroxylation is 1. The summed E-state index contributed by atoms with van der Waals surface area (Å²) in [4.78, 5) is 0. The molecule has 7 aromatic rings. The summed E-state index contributed by atoms with van der Waals surface area (Å²) >= 11 is 0. The van der Waals surface area contributed by atoms with Gasteiger partial charge in [0.25, 0.3) is 0 Å². The molecule has 0 saturated heterocycles. The Hall–Kier alpha value is -4.30. The number of rotatable bonds is 2. The van der Waals surface area contributed by atoms with E-state index in [2.05, 4.69) is 121 Å². The number of furan rings is 1. The molecule has 0 saturated carbocycles. The lowest BCUT2D eigenvalue weighted by Gasteiger charge is -2.09. The van der Waals surface area contributed by atoms with Gasteiger partial charge in [-0.1, -0.05) is 84.9 Å². The molecule has 0 radical (unpaired) electrons. The molecule has 0 spiro atoms. The molecule has 33 heavy (non-hydrogen) atoms. The van der Waals surface area contributed by atoms with Crippen LogP contribution < -0.4 is 0 Å². The highest BCUT2D eigenvalue weighted by atomic mass is 16.3. The van der Waals surface area contributed by atoms with Gasteiger partial charge in [0.05, 0.1) is 11.0 Å². The number of para-hydroxylation sites is 4. The maximum Gasteiger partial charge on any atom is 0.143 e. The van der Waals surface area contributed by atoms with Crippen LogP contribution in [0.2, 0.25) is 0 Å². The summed E-state index contributed by atoms with van der Waals surface area (Å²) in [7, 11) is 0. The van der Waals surface area contributed by atoms with Gasteiger partial charge in [0, 0.05) is 32.8 Å². The molecule has 0 unspecified atom stereocenters. The summed E-state index contributed by atoms with van der Waals surface area (Å²) in [5.74, 6) is 0. The van der Waals surface area contributed by atoms with Gasteiger partial charge in [0.1, 0.15) is 11.2 Å². The van der Waals surface area contributed by atoms with Crippen molar-refractivity contribution in [3.63, 3.8) is 0 Å². The van der Waals surface area contributed by atoms with E-state index in [1.165, 1.54) is 32.9 Å². The first-order valence-electron chi connectivity index (χ1n) is 11.3. The van der Waals surface area contributed by atoms with Crippen molar-refractivity contribution in [1.82, 2.24) is 4.57 Å². The number of nitrogens with zero attached hydrogens (tertiary/aromatic N) is 1. The van der Waals surface area contributed by atoms with Crippen molar-refractivity contribution in [3.8, 4) is 16.8 Å². The minimum absolute atomic E-state index is 0.948. The van der Waals surface area contributed by atoms with E-state index in [1.807, 2.05) is 0 Å². The highest BCUT2D eigenvalue weighted by Gasteiger charge is 2.16. The van der Waals surface area contributed by atoms with Gasteiger partial charge >= 0.3 is 0 Å². The first-order chi connectivity index (χ1) is 16.3. The Balaban J connectivity index is 1.56. The molecule has 0 amide bonds. The Labute approximate surface area is 191 Å². The lowest BCUT2D eigenvalue weighted by molar-refractivity contribution is 0.667. The molecule has 0 aliphatic heterocycles. The summed E-state index contributed by atoms with van der Waals surface area (Å²) in [5.41, 5.74) is 8.94. The maximum atomic E-state index is 6.45. The van der Waals surface area contributed by atoms with Crippen molar-refractivity contribution < 1.29 is 4.42 Å². The van der Waals surface area contributed by atoms with Crippen molar-refractivity contribution in [1.29, 1.82) is 0 Å². The van der Waals surface area contributed by atoms with E-state index in [-0.39, 0.29) is 0 Å². The van der Waals surface area contributed by atoms with Crippen LogP contribution in [0.15, 0.2) is 114 Å². The van der Waals surface area contributed by atoms with Crippen LogP contribution in [0.3, 0.4) is 0 Å². The van der Waals surface area contributed by atoms with Crippen LogP contribution in [0.5, 0.6) is 0 Å². The molecule has 0 bridgehead atoms. The third kappa shape index (κ3) is 2.61. The Kier molecular flexibility index (Phi) is 3.80. The van der Waals surface area contributed by atoms with Crippen molar-refractivity contribution in [3.05, 3.63) is 115 Å². The molecule has 0 N–H and O–H groups in total. The van der Waals surface area contributed by atoms with E-state index in [9.17, 15) is 0 Å². The smallest absolute Gasteiger partial charge is 0.143 e. The largest absolute Gasteiger partial charge is 0.455 e. The SMILES string of the molecule is Cc1cccc2c1oc1c(-c3ccc4c5ccccc5n(-c5ccccc5)c4c3)cccc12. The molecule has 2 heteroatoms.